The highest BCUT2D eigenvalue weighted by Gasteiger charge is 2.31. The van der Waals surface area contributed by atoms with E-state index in [1.807, 2.05) is 0 Å². The van der Waals surface area contributed by atoms with Gasteiger partial charge in [-0.3, -0.25) is 4.79 Å². The number of benzene rings is 2. The van der Waals surface area contributed by atoms with Crippen LogP contribution in [0.15, 0.2) is 48.5 Å². The fraction of sp³-hybridized carbons (Fsp3) is 0.133. The summed E-state index contributed by atoms with van der Waals surface area (Å²) >= 11 is 10.3. The van der Waals surface area contributed by atoms with E-state index >= 15 is 0 Å². The molecule has 1 nitrogen and oxygen atoms in total. The summed E-state index contributed by atoms with van der Waals surface area (Å²) in [4.78, 5) is 12.4. The Kier molecular flexibility index (Phi) is 3.97. The molecule has 19 heavy (non-hydrogen) atoms. The molecule has 1 atom stereocenters. The van der Waals surface area contributed by atoms with Crippen LogP contribution in [0.25, 0.3) is 0 Å². The van der Waals surface area contributed by atoms with E-state index in [4.69, 9.17) is 11.6 Å². The fourth-order valence-electron chi connectivity index (χ4n) is 1.79. The summed E-state index contributed by atoms with van der Waals surface area (Å²) in [7, 11) is 0. The third-order valence-corrected chi connectivity index (χ3v) is 3.67. The van der Waals surface area contributed by atoms with Crippen molar-refractivity contribution in [3.8, 4) is 0 Å². The Morgan fingerprint density at radius 1 is 1.11 bits per heavy atom. The molecule has 2 aromatic rings. The first-order valence-electron chi connectivity index (χ1n) is 5.70. The van der Waals surface area contributed by atoms with Gasteiger partial charge in [-0.25, -0.2) is 4.39 Å². The van der Waals surface area contributed by atoms with Gasteiger partial charge in [-0.2, -0.15) is 12.6 Å². The Bertz CT molecular complexity index is 591. The Morgan fingerprint density at radius 3 is 2.16 bits per heavy atom. The van der Waals surface area contributed by atoms with Crippen molar-refractivity contribution in [3.63, 3.8) is 0 Å². The number of hydrogen-bond donors (Lipinski definition) is 1. The summed E-state index contributed by atoms with van der Waals surface area (Å²) in [6, 6.07) is 12.4. The highest BCUT2D eigenvalue weighted by molar-refractivity contribution is 7.82. The molecule has 98 valence electrons. The van der Waals surface area contributed by atoms with E-state index in [1.54, 1.807) is 31.2 Å². The van der Waals surface area contributed by atoms with Crippen LogP contribution in [0.2, 0.25) is 5.02 Å². The van der Waals surface area contributed by atoms with Gasteiger partial charge in [0.15, 0.2) is 5.78 Å². The van der Waals surface area contributed by atoms with Gasteiger partial charge in [-0.1, -0.05) is 23.7 Å². The van der Waals surface area contributed by atoms with Gasteiger partial charge in [0.25, 0.3) is 0 Å². The van der Waals surface area contributed by atoms with Crippen molar-refractivity contribution in [1.82, 2.24) is 0 Å². The highest BCUT2D eigenvalue weighted by Crippen LogP contribution is 2.32. The van der Waals surface area contributed by atoms with Crippen LogP contribution >= 0.6 is 24.2 Å². The summed E-state index contributed by atoms with van der Waals surface area (Å²) in [6.45, 7) is 1.71. The van der Waals surface area contributed by atoms with Gasteiger partial charge in [0.1, 0.15) is 5.82 Å². The molecule has 0 radical (unpaired) electrons. The number of carbonyl (C=O) groups excluding carboxylic acids is 1. The second-order valence-electron chi connectivity index (χ2n) is 4.42. The number of carbonyl (C=O) groups is 1. The van der Waals surface area contributed by atoms with Gasteiger partial charge in [0, 0.05) is 10.6 Å². The standard InChI is InChI=1S/C15H12ClFOS/c1-15(19,11-4-6-12(16)7-5-11)14(18)10-2-8-13(17)9-3-10/h2-9,19H,1H3. The molecule has 0 amide bonds. The first-order valence-corrected chi connectivity index (χ1v) is 6.52. The molecule has 0 aromatic heterocycles. The van der Waals surface area contributed by atoms with Crippen molar-refractivity contribution in [2.45, 2.75) is 11.7 Å². The van der Waals surface area contributed by atoms with Gasteiger partial charge < -0.3 is 0 Å². The first kappa shape index (κ1) is 14.1. The van der Waals surface area contributed by atoms with E-state index in [0.717, 1.165) is 5.56 Å². The number of ketones is 1. The molecule has 2 aromatic carbocycles. The van der Waals surface area contributed by atoms with E-state index in [2.05, 4.69) is 12.6 Å². The van der Waals surface area contributed by atoms with Crippen molar-refractivity contribution < 1.29 is 9.18 Å². The molecule has 2 rings (SSSR count). The van der Waals surface area contributed by atoms with Crippen molar-refractivity contribution in [3.05, 3.63) is 70.5 Å². The largest absolute Gasteiger partial charge is 0.292 e. The van der Waals surface area contributed by atoms with Gasteiger partial charge in [0.05, 0.1) is 4.75 Å². The van der Waals surface area contributed by atoms with Crippen LogP contribution in [0, 0.1) is 5.82 Å². The predicted molar refractivity (Wildman–Crippen MR) is 78.5 cm³/mol. The van der Waals surface area contributed by atoms with Crippen LogP contribution in [0.4, 0.5) is 4.39 Å². The minimum atomic E-state index is -0.984. The Morgan fingerprint density at radius 2 is 1.63 bits per heavy atom. The minimum Gasteiger partial charge on any atom is -0.292 e. The Labute approximate surface area is 121 Å². The normalized spacial score (nSPS) is 13.9. The van der Waals surface area contributed by atoms with E-state index in [0.29, 0.717) is 10.6 Å². The van der Waals surface area contributed by atoms with E-state index in [9.17, 15) is 9.18 Å². The monoisotopic (exact) mass is 294 g/mol. The zero-order valence-corrected chi connectivity index (χ0v) is 11.9. The van der Waals surface area contributed by atoms with Crippen LogP contribution in [0.1, 0.15) is 22.8 Å². The molecule has 0 fully saturated rings. The van der Waals surface area contributed by atoms with Crippen LogP contribution in [0.5, 0.6) is 0 Å². The zero-order valence-electron chi connectivity index (χ0n) is 10.2. The topological polar surface area (TPSA) is 17.1 Å². The lowest BCUT2D eigenvalue weighted by molar-refractivity contribution is 0.0951. The highest BCUT2D eigenvalue weighted by atomic mass is 35.5. The fourth-order valence-corrected chi connectivity index (χ4v) is 2.19. The van der Waals surface area contributed by atoms with E-state index in [1.165, 1.54) is 24.3 Å². The number of thiol groups is 1. The van der Waals surface area contributed by atoms with Gasteiger partial charge in [-0.05, 0) is 48.9 Å². The van der Waals surface area contributed by atoms with Crippen molar-refractivity contribution in [1.29, 1.82) is 0 Å². The molecule has 0 spiro atoms. The van der Waals surface area contributed by atoms with Crippen molar-refractivity contribution in [2.75, 3.05) is 0 Å². The van der Waals surface area contributed by atoms with Crippen LogP contribution in [-0.2, 0) is 4.75 Å². The summed E-state index contributed by atoms with van der Waals surface area (Å²) in [5, 5.41) is 0.599. The zero-order chi connectivity index (χ0) is 14.0. The molecule has 4 heteroatoms. The Balaban J connectivity index is 2.35. The summed E-state index contributed by atoms with van der Waals surface area (Å²) < 4.78 is 11.9. The lowest BCUT2D eigenvalue weighted by atomic mass is 9.91. The molecule has 0 heterocycles. The maximum Gasteiger partial charge on any atom is 0.182 e. The molecule has 0 aliphatic heterocycles. The SMILES string of the molecule is CC(S)(C(=O)c1ccc(F)cc1)c1ccc(Cl)cc1. The average Bonchev–Trinajstić information content (AvgIpc) is 2.39. The van der Waals surface area contributed by atoms with Gasteiger partial charge in [-0.15, -0.1) is 0 Å². The lowest BCUT2D eigenvalue weighted by Crippen LogP contribution is -2.26. The predicted octanol–water partition coefficient (Wildman–Crippen LogP) is 4.51. The molecule has 0 N–H and O–H groups in total. The molecule has 0 aliphatic carbocycles. The van der Waals surface area contributed by atoms with Crippen LogP contribution in [0.3, 0.4) is 0 Å². The lowest BCUT2D eigenvalue weighted by Gasteiger charge is -2.22. The molecule has 0 saturated heterocycles. The minimum absolute atomic E-state index is 0.182. The van der Waals surface area contributed by atoms with Gasteiger partial charge in [0.2, 0.25) is 0 Å². The first-order chi connectivity index (χ1) is 8.91. The molecular formula is C15H12ClFOS. The molecule has 0 saturated carbocycles. The molecule has 0 aliphatic rings. The Hall–Kier alpha value is -1.32. The quantitative estimate of drug-likeness (QED) is 0.651. The number of rotatable bonds is 3. The number of hydrogen-bond acceptors (Lipinski definition) is 2. The average molecular weight is 295 g/mol. The second-order valence-corrected chi connectivity index (χ2v) is 5.75. The summed E-state index contributed by atoms with van der Waals surface area (Å²) in [6.07, 6.45) is 0. The third-order valence-electron chi connectivity index (χ3n) is 2.95. The summed E-state index contributed by atoms with van der Waals surface area (Å²) in [5.41, 5.74) is 1.17. The number of Topliss-reactive ketones (excluding diaryl/α,β-unsaturated/α-hetero) is 1. The number of halogens is 2. The third kappa shape index (κ3) is 2.99. The van der Waals surface area contributed by atoms with Crippen molar-refractivity contribution >= 4 is 30.0 Å². The van der Waals surface area contributed by atoms with Crippen LogP contribution < -0.4 is 0 Å². The molecule has 0 bridgehead atoms. The van der Waals surface area contributed by atoms with Crippen LogP contribution in [-0.4, -0.2) is 5.78 Å². The second kappa shape index (κ2) is 5.35. The van der Waals surface area contributed by atoms with E-state index in [-0.39, 0.29) is 11.6 Å². The van der Waals surface area contributed by atoms with Gasteiger partial charge >= 0.3 is 0 Å². The van der Waals surface area contributed by atoms with Crippen molar-refractivity contribution in [2.24, 2.45) is 0 Å². The molecular weight excluding hydrogens is 283 g/mol. The smallest absolute Gasteiger partial charge is 0.182 e. The summed E-state index contributed by atoms with van der Waals surface area (Å²) in [5.74, 6) is -0.554. The maximum absolute atomic E-state index is 12.9. The van der Waals surface area contributed by atoms with E-state index < -0.39 is 4.75 Å². The molecule has 1 unspecified atom stereocenters. The maximum atomic E-state index is 12.9.